The standard InChI is InChI=1S/C26H34N2O3/c1-17-8-9-21-16-20(12-15-23(21)28(17)18(2)29)19-10-13-22(14-11-19)26(6,7)27-24(30)31-25(3,4)5/h10-17H,8-9H2,1-7H3,(H,27,30)/t17-/m0/s1. The Labute approximate surface area is 185 Å². The molecule has 0 aliphatic carbocycles. The van der Waals surface area contributed by atoms with Crippen molar-refractivity contribution in [3.8, 4) is 11.1 Å². The zero-order valence-electron chi connectivity index (χ0n) is 19.7. The van der Waals surface area contributed by atoms with Gasteiger partial charge in [-0.15, -0.1) is 0 Å². The lowest BCUT2D eigenvalue weighted by atomic mass is 9.90. The van der Waals surface area contributed by atoms with Crippen molar-refractivity contribution in [2.24, 2.45) is 0 Å². The molecular formula is C26H34N2O3. The normalized spacial score (nSPS) is 16.5. The predicted molar refractivity (Wildman–Crippen MR) is 125 cm³/mol. The Morgan fingerprint density at radius 3 is 2.19 bits per heavy atom. The van der Waals surface area contributed by atoms with Gasteiger partial charge >= 0.3 is 6.09 Å². The van der Waals surface area contributed by atoms with Crippen LogP contribution in [0.3, 0.4) is 0 Å². The van der Waals surface area contributed by atoms with E-state index in [9.17, 15) is 9.59 Å². The fourth-order valence-corrected chi connectivity index (χ4v) is 4.12. The van der Waals surface area contributed by atoms with Crippen molar-refractivity contribution in [2.45, 2.75) is 78.5 Å². The molecule has 0 spiro atoms. The van der Waals surface area contributed by atoms with E-state index in [1.54, 1.807) is 6.92 Å². The number of rotatable bonds is 3. The lowest BCUT2D eigenvalue weighted by Gasteiger charge is -2.35. The van der Waals surface area contributed by atoms with E-state index >= 15 is 0 Å². The molecule has 0 fully saturated rings. The summed E-state index contributed by atoms with van der Waals surface area (Å²) >= 11 is 0. The average molecular weight is 423 g/mol. The van der Waals surface area contributed by atoms with Crippen LogP contribution in [-0.2, 0) is 21.5 Å². The van der Waals surface area contributed by atoms with E-state index in [0.29, 0.717) is 0 Å². The summed E-state index contributed by atoms with van der Waals surface area (Å²) in [6, 6.07) is 14.8. The second kappa shape index (κ2) is 8.37. The molecule has 5 heteroatoms. The number of nitrogens with one attached hydrogen (secondary N) is 1. The second-order valence-corrected chi connectivity index (χ2v) is 9.95. The number of carbonyl (C=O) groups is 2. The Hall–Kier alpha value is -2.82. The van der Waals surface area contributed by atoms with Gasteiger partial charge in [0.2, 0.25) is 5.91 Å². The van der Waals surface area contributed by atoms with Crippen LogP contribution in [0.25, 0.3) is 11.1 Å². The molecule has 1 atom stereocenters. The number of alkyl carbamates (subject to hydrolysis) is 1. The second-order valence-electron chi connectivity index (χ2n) is 9.95. The minimum Gasteiger partial charge on any atom is -0.444 e. The summed E-state index contributed by atoms with van der Waals surface area (Å²) in [4.78, 5) is 26.2. The third-order valence-electron chi connectivity index (χ3n) is 5.70. The Kier molecular flexibility index (Phi) is 6.17. The van der Waals surface area contributed by atoms with Crippen LogP contribution in [-0.4, -0.2) is 23.6 Å². The van der Waals surface area contributed by atoms with Gasteiger partial charge in [-0.3, -0.25) is 4.79 Å². The van der Waals surface area contributed by atoms with Crippen molar-refractivity contribution in [3.63, 3.8) is 0 Å². The summed E-state index contributed by atoms with van der Waals surface area (Å²) in [6.45, 7) is 13.2. The van der Waals surface area contributed by atoms with Crippen molar-refractivity contribution >= 4 is 17.7 Å². The van der Waals surface area contributed by atoms with E-state index in [0.717, 1.165) is 35.2 Å². The fourth-order valence-electron chi connectivity index (χ4n) is 4.12. The highest BCUT2D eigenvalue weighted by atomic mass is 16.6. The topological polar surface area (TPSA) is 58.6 Å². The first-order valence-electron chi connectivity index (χ1n) is 10.9. The molecule has 0 radical (unpaired) electrons. The average Bonchev–Trinajstić information content (AvgIpc) is 2.65. The van der Waals surface area contributed by atoms with Crippen molar-refractivity contribution < 1.29 is 14.3 Å². The van der Waals surface area contributed by atoms with Crippen LogP contribution < -0.4 is 10.2 Å². The molecule has 1 heterocycles. The lowest BCUT2D eigenvalue weighted by Crippen LogP contribution is -2.43. The number of aryl methyl sites for hydroxylation is 1. The molecule has 5 nitrogen and oxygen atoms in total. The number of carbonyl (C=O) groups excluding carboxylic acids is 2. The van der Waals surface area contributed by atoms with Crippen LogP contribution in [0.15, 0.2) is 42.5 Å². The highest BCUT2D eigenvalue weighted by Crippen LogP contribution is 2.34. The van der Waals surface area contributed by atoms with Crippen LogP contribution in [0, 0.1) is 0 Å². The largest absolute Gasteiger partial charge is 0.444 e. The molecule has 166 valence electrons. The summed E-state index contributed by atoms with van der Waals surface area (Å²) in [5.41, 5.74) is 4.36. The summed E-state index contributed by atoms with van der Waals surface area (Å²) in [6.07, 6.45) is 1.51. The van der Waals surface area contributed by atoms with Crippen molar-refractivity contribution in [1.29, 1.82) is 0 Å². The molecule has 1 aliphatic heterocycles. The van der Waals surface area contributed by atoms with Gasteiger partial charge < -0.3 is 15.0 Å². The van der Waals surface area contributed by atoms with Crippen molar-refractivity contribution in [3.05, 3.63) is 53.6 Å². The molecule has 0 saturated carbocycles. The van der Waals surface area contributed by atoms with E-state index in [4.69, 9.17) is 4.74 Å². The van der Waals surface area contributed by atoms with Crippen molar-refractivity contribution in [1.82, 2.24) is 5.32 Å². The summed E-state index contributed by atoms with van der Waals surface area (Å²) < 4.78 is 5.40. The monoisotopic (exact) mass is 422 g/mol. The smallest absolute Gasteiger partial charge is 0.408 e. The first kappa shape index (κ1) is 22.9. The molecule has 2 aromatic carbocycles. The Balaban J connectivity index is 1.80. The molecule has 3 rings (SSSR count). The first-order valence-corrected chi connectivity index (χ1v) is 10.9. The molecule has 31 heavy (non-hydrogen) atoms. The predicted octanol–water partition coefficient (Wildman–Crippen LogP) is 5.80. The molecule has 2 amide bonds. The Bertz CT molecular complexity index is 971. The maximum absolute atomic E-state index is 12.2. The van der Waals surface area contributed by atoms with Gasteiger partial charge in [0.1, 0.15) is 5.60 Å². The van der Waals surface area contributed by atoms with Crippen LogP contribution in [0.1, 0.15) is 66.0 Å². The Morgan fingerprint density at radius 1 is 1.00 bits per heavy atom. The van der Waals surface area contributed by atoms with Gasteiger partial charge in [0.25, 0.3) is 0 Å². The zero-order chi connectivity index (χ0) is 23.0. The quantitative estimate of drug-likeness (QED) is 0.680. The maximum atomic E-state index is 12.2. The number of fused-ring (bicyclic) bond motifs is 1. The molecule has 1 aliphatic rings. The van der Waals surface area contributed by atoms with Gasteiger partial charge in [-0.1, -0.05) is 30.3 Å². The third-order valence-corrected chi connectivity index (χ3v) is 5.70. The van der Waals surface area contributed by atoms with Gasteiger partial charge in [-0.2, -0.15) is 0 Å². The molecule has 0 aromatic heterocycles. The fraction of sp³-hybridized carbons (Fsp3) is 0.462. The van der Waals surface area contributed by atoms with E-state index in [1.807, 2.05) is 51.7 Å². The number of benzene rings is 2. The minimum absolute atomic E-state index is 0.0882. The molecule has 0 unspecified atom stereocenters. The van der Waals surface area contributed by atoms with Crippen LogP contribution in [0.5, 0.6) is 0 Å². The summed E-state index contributed by atoms with van der Waals surface area (Å²) in [5, 5.41) is 2.95. The Morgan fingerprint density at radius 2 is 1.61 bits per heavy atom. The number of ether oxygens (including phenoxy) is 1. The maximum Gasteiger partial charge on any atom is 0.408 e. The zero-order valence-corrected chi connectivity index (χ0v) is 19.7. The molecular weight excluding hydrogens is 388 g/mol. The lowest BCUT2D eigenvalue weighted by molar-refractivity contribution is -0.117. The number of hydrogen-bond acceptors (Lipinski definition) is 3. The number of hydrogen-bond donors (Lipinski definition) is 1. The van der Waals surface area contributed by atoms with Gasteiger partial charge in [0, 0.05) is 18.7 Å². The van der Waals surface area contributed by atoms with E-state index in [2.05, 4.69) is 42.6 Å². The number of anilines is 1. The van der Waals surface area contributed by atoms with Crippen LogP contribution >= 0.6 is 0 Å². The molecule has 1 N–H and O–H groups in total. The highest BCUT2D eigenvalue weighted by molar-refractivity contribution is 5.94. The van der Waals surface area contributed by atoms with E-state index in [1.165, 1.54) is 5.56 Å². The van der Waals surface area contributed by atoms with E-state index in [-0.39, 0.29) is 11.9 Å². The first-order chi connectivity index (χ1) is 14.4. The number of amides is 2. The number of nitrogens with zero attached hydrogens (tertiary/aromatic N) is 1. The van der Waals surface area contributed by atoms with E-state index < -0.39 is 17.2 Å². The minimum atomic E-state index is -0.561. The summed E-state index contributed by atoms with van der Waals surface area (Å²) in [5.74, 6) is 0.0882. The highest BCUT2D eigenvalue weighted by Gasteiger charge is 2.27. The molecule has 2 aromatic rings. The van der Waals surface area contributed by atoms with Gasteiger partial charge in [0.15, 0.2) is 0 Å². The molecule has 0 bridgehead atoms. The third kappa shape index (κ3) is 5.27. The molecule has 0 saturated heterocycles. The summed E-state index contributed by atoms with van der Waals surface area (Å²) in [7, 11) is 0. The van der Waals surface area contributed by atoms with Gasteiger partial charge in [-0.05, 0) is 88.8 Å². The SMILES string of the molecule is CC(=O)N1c2ccc(-c3ccc(C(C)(C)NC(=O)OC(C)(C)C)cc3)cc2CC[C@@H]1C. The van der Waals surface area contributed by atoms with Gasteiger partial charge in [0.05, 0.1) is 5.54 Å². The van der Waals surface area contributed by atoms with Crippen LogP contribution in [0.4, 0.5) is 10.5 Å². The van der Waals surface area contributed by atoms with Gasteiger partial charge in [-0.25, -0.2) is 4.79 Å². The van der Waals surface area contributed by atoms with Crippen molar-refractivity contribution in [2.75, 3.05) is 4.90 Å². The van der Waals surface area contributed by atoms with Crippen LogP contribution in [0.2, 0.25) is 0 Å².